The van der Waals surface area contributed by atoms with Crippen molar-refractivity contribution in [1.82, 2.24) is 19.7 Å². The van der Waals surface area contributed by atoms with Crippen LogP contribution in [0, 0.1) is 0 Å². The lowest BCUT2D eigenvalue weighted by Crippen LogP contribution is -1.91. The monoisotopic (exact) mass is 282 g/mol. The van der Waals surface area contributed by atoms with Crippen molar-refractivity contribution in [3.63, 3.8) is 0 Å². The molecule has 0 aliphatic heterocycles. The van der Waals surface area contributed by atoms with Gasteiger partial charge in [0.15, 0.2) is 0 Å². The molecule has 2 heterocycles. The van der Waals surface area contributed by atoms with E-state index in [1.165, 1.54) is 0 Å². The van der Waals surface area contributed by atoms with Gasteiger partial charge in [-0.15, -0.1) is 0 Å². The molecule has 21 heavy (non-hydrogen) atoms. The molecular weight excluding hydrogens is 268 g/mol. The fourth-order valence-corrected chi connectivity index (χ4v) is 2.65. The first-order chi connectivity index (χ1) is 10.2. The molecule has 1 fully saturated rings. The normalized spacial score (nSPS) is 20.6. The summed E-state index contributed by atoms with van der Waals surface area (Å²) in [6.07, 6.45) is 4.39. The summed E-state index contributed by atoms with van der Waals surface area (Å²) in [4.78, 5) is 8.53. The number of hydrogen-bond acceptors (Lipinski definition) is 5. The smallest absolute Gasteiger partial charge is 0.230 e. The molecule has 0 bridgehead atoms. The molecule has 3 aromatic rings. The number of aromatic nitrogens is 4. The number of nitrogens with zero attached hydrogens (tertiary/aromatic N) is 4. The second-order valence-electron chi connectivity index (χ2n) is 5.39. The highest BCUT2D eigenvalue weighted by Crippen LogP contribution is 2.54. The number of rotatable bonds is 3. The summed E-state index contributed by atoms with van der Waals surface area (Å²) in [5.74, 6) is 2.09. The van der Waals surface area contributed by atoms with Gasteiger partial charge in [-0.05, 0) is 30.0 Å². The summed E-state index contributed by atoms with van der Waals surface area (Å²) in [5.41, 5.74) is 1.94. The van der Waals surface area contributed by atoms with Crippen molar-refractivity contribution in [2.75, 3.05) is 0 Å². The number of benzene rings is 1. The maximum atomic E-state index is 9.55. The van der Waals surface area contributed by atoms with Crippen molar-refractivity contribution >= 4 is 0 Å². The van der Waals surface area contributed by atoms with Gasteiger partial charge in [-0.1, -0.05) is 17.3 Å². The van der Waals surface area contributed by atoms with Crippen LogP contribution in [0.15, 0.2) is 41.3 Å². The SMILES string of the molecule is Cn1cncc1-c1noc([C@@H]2C[C@H]2c2cccc(O)c2)n1. The summed E-state index contributed by atoms with van der Waals surface area (Å²) in [6, 6.07) is 7.34. The predicted molar refractivity (Wildman–Crippen MR) is 74.7 cm³/mol. The van der Waals surface area contributed by atoms with E-state index in [1.807, 2.05) is 23.7 Å². The first-order valence-electron chi connectivity index (χ1n) is 6.81. The summed E-state index contributed by atoms with van der Waals surface area (Å²) < 4.78 is 7.24. The van der Waals surface area contributed by atoms with Crippen molar-refractivity contribution in [2.24, 2.45) is 7.05 Å². The maximum Gasteiger partial charge on any atom is 0.230 e. The second-order valence-corrected chi connectivity index (χ2v) is 5.39. The molecule has 2 atom stereocenters. The molecule has 106 valence electrons. The molecule has 0 saturated heterocycles. The quantitative estimate of drug-likeness (QED) is 0.798. The van der Waals surface area contributed by atoms with E-state index in [0.29, 0.717) is 23.4 Å². The van der Waals surface area contributed by atoms with Crippen LogP contribution < -0.4 is 0 Å². The van der Waals surface area contributed by atoms with Gasteiger partial charge in [-0.3, -0.25) is 0 Å². The first kappa shape index (κ1) is 12.1. The zero-order valence-corrected chi connectivity index (χ0v) is 11.5. The van der Waals surface area contributed by atoms with Gasteiger partial charge in [0.25, 0.3) is 0 Å². The maximum absolute atomic E-state index is 9.55. The van der Waals surface area contributed by atoms with Gasteiger partial charge in [0.05, 0.1) is 12.5 Å². The minimum Gasteiger partial charge on any atom is -0.508 e. The summed E-state index contributed by atoms with van der Waals surface area (Å²) in [7, 11) is 1.89. The van der Waals surface area contributed by atoms with Crippen LogP contribution in [0.25, 0.3) is 11.5 Å². The Labute approximate surface area is 121 Å². The molecule has 0 radical (unpaired) electrons. The third kappa shape index (κ3) is 2.08. The minimum atomic E-state index is 0.237. The van der Waals surface area contributed by atoms with E-state index in [2.05, 4.69) is 15.1 Å². The Morgan fingerprint density at radius 1 is 1.33 bits per heavy atom. The zero-order valence-electron chi connectivity index (χ0n) is 11.5. The van der Waals surface area contributed by atoms with Crippen molar-refractivity contribution < 1.29 is 9.63 Å². The van der Waals surface area contributed by atoms with Crippen LogP contribution in [0.3, 0.4) is 0 Å². The number of imidazole rings is 1. The molecule has 1 saturated carbocycles. The van der Waals surface area contributed by atoms with E-state index < -0.39 is 0 Å². The van der Waals surface area contributed by atoms with Crippen LogP contribution in [0.4, 0.5) is 0 Å². The fourth-order valence-electron chi connectivity index (χ4n) is 2.65. The summed E-state index contributed by atoms with van der Waals surface area (Å²) >= 11 is 0. The summed E-state index contributed by atoms with van der Waals surface area (Å²) in [5, 5.41) is 13.6. The summed E-state index contributed by atoms with van der Waals surface area (Å²) in [6.45, 7) is 0. The first-order valence-corrected chi connectivity index (χ1v) is 6.81. The molecule has 1 aliphatic rings. The number of hydrogen-bond donors (Lipinski definition) is 1. The van der Waals surface area contributed by atoms with Gasteiger partial charge in [0.2, 0.25) is 11.7 Å². The number of phenolic OH excluding ortho intramolecular Hbond substituents is 1. The van der Waals surface area contributed by atoms with Crippen LogP contribution in [0.5, 0.6) is 5.75 Å². The Kier molecular flexibility index (Phi) is 2.57. The lowest BCUT2D eigenvalue weighted by Gasteiger charge is -1.98. The van der Waals surface area contributed by atoms with Crippen LogP contribution in [0.1, 0.15) is 29.7 Å². The molecule has 0 amide bonds. The second kappa shape index (κ2) is 4.44. The molecule has 0 unspecified atom stereocenters. The third-order valence-corrected chi connectivity index (χ3v) is 3.89. The molecule has 0 spiro atoms. The van der Waals surface area contributed by atoms with Crippen molar-refractivity contribution in [2.45, 2.75) is 18.3 Å². The Morgan fingerprint density at radius 3 is 3.00 bits per heavy atom. The Balaban J connectivity index is 1.57. The molecular formula is C15H14N4O2. The molecule has 6 nitrogen and oxygen atoms in total. The topological polar surface area (TPSA) is 77.0 Å². The molecule has 1 aromatic carbocycles. The van der Waals surface area contributed by atoms with Crippen molar-refractivity contribution in [3.8, 4) is 17.3 Å². The van der Waals surface area contributed by atoms with Gasteiger partial charge < -0.3 is 14.2 Å². The Bertz CT molecular complexity index is 792. The lowest BCUT2D eigenvalue weighted by atomic mass is 10.1. The third-order valence-electron chi connectivity index (χ3n) is 3.89. The molecule has 1 N–H and O–H groups in total. The largest absolute Gasteiger partial charge is 0.508 e. The predicted octanol–water partition coefficient (Wildman–Crippen LogP) is 2.45. The van der Waals surface area contributed by atoms with Gasteiger partial charge in [0, 0.05) is 13.0 Å². The molecule has 1 aliphatic carbocycles. The van der Waals surface area contributed by atoms with Gasteiger partial charge in [-0.2, -0.15) is 4.98 Å². The van der Waals surface area contributed by atoms with Crippen LogP contribution in [-0.2, 0) is 7.05 Å². The van der Waals surface area contributed by atoms with E-state index in [-0.39, 0.29) is 5.92 Å². The van der Waals surface area contributed by atoms with Gasteiger partial charge in [0.1, 0.15) is 11.4 Å². The highest BCUT2D eigenvalue weighted by Gasteiger charge is 2.44. The van der Waals surface area contributed by atoms with Crippen molar-refractivity contribution in [3.05, 3.63) is 48.2 Å². The Hall–Kier alpha value is -2.63. The van der Waals surface area contributed by atoms with Crippen LogP contribution >= 0.6 is 0 Å². The van der Waals surface area contributed by atoms with Gasteiger partial charge in [-0.25, -0.2) is 4.98 Å². The molecule has 2 aromatic heterocycles. The Morgan fingerprint density at radius 2 is 2.24 bits per heavy atom. The minimum absolute atomic E-state index is 0.237. The molecule has 6 heteroatoms. The number of phenols is 1. The molecule has 4 rings (SSSR count). The van der Waals surface area contributed by atoms with E-state index in [0.717, 1.165) is 17.7 Å². The standard InChI is InChI=1S/C15H14N4O2/c1-19-8-16-7-13(19)14-17-15(21-18-14)12-6-11(12)9-3-2-4-10(20)5-9/h2-5,7-8,11-12,20H,6H2,1H3/t11-,12+/m0/s1. The average molecular weight is 282 g/mol. The van der Waals surface area contributed by atoms with E-state index in [9.17, 15) is 5.11 Å². The van der Waals surface area contributed by atoms with E-state index in [4.69, 9.17) is 4.52 Å². The number of aryl methyl sites for hydroxylation is 1. The van der Waals surface area contributed by atoms with E-state index in [1.54, 1.807) is 24.7 Å². The van der Waals surface area contributed by atoms with E-state index >= 15 is 0 Å². The average Bonchev–Trinajstić information content (AvgIpc) is 2.91. The number of aromatic hydroxyl groups is 1. The highest BCUT2D eigenvalue weighted by molar-refractivity contribution is 5.47. The van der Waals surface area contributed by atoms with Gasteiger partial charge >= 0.3 is 0 Å². The lowest BCUT2D eigenvalue weighted by molar-refractivity contribution is 0.378. The highest BCUT2D eigenvalue weighted by atomic mass is 16.5. The van der Waals surface area contributed by atoms with Crippen molar-refractivity contribution in [1.29, 1.82) is 0 Å². The fraction of sp³-hybridized carbons (Fsp3) is 0.267. The van der Waals surface area contributed by atoms with Crippen LogP contribution in [-0.4, -0.2) is 24.8 Å². The zero-order chi connectivity index (χ0) is 14.4. The van der Waals surface area contributed by atoms with Crippen LogP contribution in [0.2, 0.25) is 0 Å².